The minimum Gasteiger partial charge on any atom is -0.283 e. The van der Waals surface area contributed by atoms with Crippen molar-refractivity contribution in [3.05, 3.63) is 90.9 Å². The van der Waals surface area contributed by atoms with Crippen molar-refractivity contribution in [3.63, 3.8) is 0 Å². The second kappa shape index (κ2) is 10.8. The normalized spacial score (nSPS) is 16.4. The summed E-state index contributed by atoms with van der Waals surface area (Å²) in [5.74, 6) is 0.639. The topological polar surface area (TPSA) is 99.7 Å². The SMILES string of the molecule is Cc1c(N=c2scc(-c3ccc([N+](=O)[O-])cc3)n2N=C2CCC(C(C)(C)C)CC2)c(=O)n(-c2ccccc2)n1C. The quantitative estimate of drug-likeness (QED) is 0.204. The van der Waals surface area contributed by atoms with Gasteiger partial charge in [0.05, 0.1) is 22.0 Å². The highest BCUT2D eigenvalue weighted by Crippen LogP contribution is 2.37. The second-order valence-corrected chi connectivity index (χ2v) is 12.2. The minimum absolute atomic E-state index is 0.0311. The molecule has 2 aromatic heterocycles. The van der Waals surface area contributed by atoms with Crippen LogP contribution in [0.4, 0.5) is 11.4 Å². The molecule has 1 aliphatic carbocycles. The van der Waals surface area contributed by atoms with Gasteiger partial charge in [-0.15, -0.1) is 11.3 Å². The van der Waals surface area contributed by atoms with Gasteiger partial charge in [-0.05, 0) is 68.2 Å². The summed E-state index contributed by atoms with van der Waals surface area (Å²) < 4.78 is 5.23. The van der Waals surface area contributed by atoms with Gasteiger partial charge in [0.15, 0.2) is 5.69 Å². The molecule has 0 amide bonds. The van der Waals surface area contributed by atoms with E-state index in [4.69, 9.17) is 10.1 Å². The molecule has 0 unspecified atom stereocenters. The summed E-state index contributed by atoms with van der Waals surface area (Å²) in [6.07, 6.45) is 3.95. The maximum Gasteiger partial charge on any atom is 0.297 e. The van der Waals surface area contributed by atoms with E-state index in [1.165, 1.54) is 23.5 Å². The Balaban J connectivity index is 1.63. The Morgan fingerprint density at radius 2 is 1.68 bits per heavy atom. The number of aromatic nitrogens is 3. The fraction of sp³-hybridized carbons (Fsp3) is 0.367. The third kappa shape index (κ3) is 5.36. The van der Waals surface area contributed by atoms with E-state index in [0.717, 1.165) is 54.0 Å². The number of nitro groups is 1. The molecule has 5 rings (SSSR count). The first-order valence-electron chi connectivity index (χ1n) is 13.5. The van der Waals surface area contributed by atoms with E-state index in [1.807, 2.05) is 54.4 Å². The first-order chi connectivity index (χ1) is 19.0. The second-order valence-electron chi connectivity index (χ2n) is 11.3. The van der Waals surface area contributed by atoms with Crippen molar-refractivity contribution in [2.24, 2.45) is 28.5 Å². The fourth-order valence-electron chi connectivity index (χ4n) is 5.26. The van der Waals surface area contributed by atoms with Gasteiger partial charge >= 0.3 is 0 Å². The fourth-order valence-corrected chi connectivity index (χ4v) is 6.10. The Morgan fingerprint density at radius 1 is 1.02 bits per heavy atom. The van der Waals surface area contributed by atoms with Gasteiger partial charge in [-0.2, -0.15) is 5.10 Å². The average Bonchev–Trinajstić information content (AvgIpc) is 3.42. The van der Waals surface area contributed by atoms with Gasteiger partial charge in [0, 0.05) is 35.8 Å². The van der Waals surface area contributed by atoms with Gasteiger partial charge < -0.3 is 0 Å². The molecular weight excluding hydrogens is 524 g/mol. The van der Waals surface area contributed by atoms with Crippen molar-refractivity contribution >= 4 is 28.4 Å². The van der Waals surface area contributed by atoms with Crippen molar-refractivity contribution in [1.82, 2.24) is 14.0 Å². The summed E-state index contributed by atoms with van der Waals surface area (Å²) in [4.78, 5) is 29.8. The zero-order chi connectivity index (χ0) is 28.6. The predicted octanol–water partition coefficient (Wildman–Crippen LogP) is 6.60. The number of non-ortho nitro benzene ring substituents is 1. The zero-order valence-electron chi connectivity index (χ0n) is 23.5. The van der Waals surface area contributed by atoms with E-state index in [-0.39, 0.29) is 16.7 Å². The number of hydrogen-bond donors (Lipinski definition) is 0. The third-order valence-corrected chi connectivity index (χ3v) is 8.64. The first kappa shape index (κ1) is 27.5. The zero-order valence-corrected chi connectivity index (χ0v) is 24.3. The van der Waals surface area contributed by atoms with Crippen LogP contribution in [0, 0.1) is 28.4 Å². The number of rotatable bonds is 5. The van der Waals surface area contributed by atoms with E-state index in [0.29, 0.717) is 16.4 Å². The molecule has 9 nitrogen and oxygen atoms in total. The van der Waals surface area contributed by atoms with Gasteiger partial charge in [0.2, 0.25) is 4.80 Å². The van der Waals surface area contributed by atoms with Crippen molar-refractivity contribution in [1.29, 1.82) is 0 Å². The van der Waals surface area contributed by atoms with Gasteiger partial charge in [-0.3, -0.25) is 19.6 Å². The van der Waals surface area contributed by atoms with Crippen LogP contribution < -0.4 is 10.4 Å². The molecule has 208 valence electrons. The number of thiazole rings is 1. The van der Waals surface area contributed by atoms with Gasteiger partial charge in [-0.1, -0.05) is 39.0 Å². The minimum atomic E-state index is -0.407. The molecule has 0 N–H and O–H groups in total. The summed E-state index contributed by atoms with van der Waals surface area (Å²) in [5, 5.41) is 18.2. The highest BCUT2D eigenvalue weighted by Gasteiger charge is 2.28. The van der Waals surface area contributed by atoms with E-state index in [1.54, 1.807) is 21.5 Å². The summed E-state index contributed by atoms with van der Waals surface area (Å²) in [6.45, 7) is 8.76. The van der Waals surface area contributed by atoms with Crippen LogP contribution in [0.25, 0.3) is 16.9 Å². The Hall–Kier alpha value is -4.05. The Kier molecular flexibility index (Phi) is 7.46. The number of nitrogens with zero attached hydrogens (tertiary/aromatic N) is 6. The molecule has 4 aromatic rings. The number of benzene rings is 2. The average molecular weight is 559 g/mol. The number of hydrogen-bond acceptors (Lipinski definition) is 6. The number of para-hydroxylation sites is 1. The molecule has 1 fully saturated rings. The van der Waals surface area contributed by atoms with Gasteiger partial charge in [-0.25, -0.2) is 14.4 Å². The lowest BCUT2D eigenvalue weighted by Crippen LogP contribution is -2.26. The molecule has 10 heteroatoms. The standard InChI is InChI=1S/C30H34N6O3S/c1-20-27(28(37)35(33(20)5)24-9-7-6-8-10-24)31-29-34(32-23-15-13-22(14-16-23)30(2,3)4)26(19-40-29)21-11-17-25(18-12-21)36(38)39/h6-12,17-19,22H,13-16H2,1-5H3. The lowest BCUT2D eigenvalue weighted by atomic mass is 9.72. The Labute approximate surface area is 236 Å². The van der Waals surface area contributed by atoms with Crippen LogP contribution in [0.1, 0.15) is 52.1 Å². The van der Waals surface area contributed by atoms with Crippen molar-refractivity contribution in [2.45, 2.75) is 53.4 Å². The molecule has 2 heterocycles. The highest BCUT2D eigenvalue weighted by atomic mass is 32.1. The van der Waals surface area contributed by atoms with E-state index in [2.05, 4.69) is 20.8 Å². The molecule has 2 aromatic carbocycles. The highest BCUT2D eigenvalue weighted by molar-refractivity contribution is 7.07. The molecule has 40 heavy (non-hydrogen) atoms. The number of nitro benzene ring substituents is 1. The van der Waals surface area contributed by atoms with Crippen LogP contribution in [0.2, 0.25) is 0 Å². The van der Waals surface area contributed by atoms with Gasteiger partial charge in [0.25, 0.3) is 11.2 Å². The maximum atomic E-state index is 13.6. The molecule has 0 aliphatic heterocycles. The summed E-state index contributed by atoms with van der Waals surface area (Å²) >= 11 is 1.40. The molecule has 1 saturated carbocycles. The van der Waals surface area contributed by atoms with E-state index < -0.39 is 4.92 Å². The van der Waals surface area contributed by atoms with Crippen molar-refractivity contribution < 1.29 is 4.92 Å². The van der Waals surface area contributed by atoms with Crippen LogP contribution in [0.3, 0.4) is 0 Å². The van der Waals surface area contributed by atoms with E-state index in [9.17, 15) is 14.9 Å². The van der Waals surface area contributed by atoms with Crippen LogP contribution in [0.15, 0.2) is 74.9 Å². The first-order valence-corrected chi connectivity index (χ1v) is 14.3. The van der Waals surface area contributed by atoms with Crippen molar-refractivity contribution in [3.8, 4) is 16.9 Å². The largest absolute Gasteiger partial charge is 0.297 e. The third-order valence-electron chi connectivity index (χ3n) is 7.82. The summed E-state index contributed by atoms with van der Waals surface area (Å²) in [6, 6.07) is 15.9. The smallest absolute Gasteiger partial charge is 0.283 e. The van der Waals surface area contributed by atoms with Crippen LogP contribution in [-0.4, -0.2) is 24.7 Å². The van der Waals surface area contributed by atoms with Crippen LogP contribution in [-0.2, 0) is 7.05 Å². The predicted molar refractivity (Wildman–Crippen MR) is 160 cm³/mol. The Bertz CT molecular complexity index is 1690. The molecule has 0 spiro atoms. The molecule has 1 aliphatic rings. The van der Waals surface area contributed by atoms with Crippen molar-refractivity contribution in [2.75, 3.05) is 0 Å². The summed E-state index contributed by atoms with van der Waals surface area (Å²) in [5.41, 5.74) is 4.61. The lowest BCUT2D eigenvalue weighted by Gasteiger charge is -2.34. The molecule has 0 bridgehead atoms. The van der Waals surface area contributed by atoms with Gasteiger partial charge in [0.1, 0.15) is 0 Å². The Morgan fingerprint density at radius 3 is 2.27 bits per heavy atom. The molecular formula is C30H34N6O3S. The van der Waals surface area contributed by atoms with Crippen LogP contribution in [0.5, 0.6) is 0 Å². The molecule has 0 saturated heterocycles. The molecule has 0 radical (unpaired) electrons. The molecule has 0 atom stereocenters. The summed E-state index contributed by atoms with van der Waals surface area (Å²) in [7, 11) is 1.85. The lowest BCUT2D eigenvalue weighted by molar-refractivity contribution is -0.384. The monoisotopic (exact) mass is 558 g/mol. The van der Waals surface area contributed by atoms with E-state index >= 15 is 0 Å². The maximum absolute atomic E-state index is 13.6. The van der Waals surface area contributed by atoms with Crippen LogP contribution >= 0.6 is 11.3 Å².